The molecule has 0 heterocycles. The van der Waals surface area contributed by atoms with E-state index in [1.165, 1.54) is 13.8 Å². The third-order valence-corrected chi connectivity index (χ3v) is 3.08. The monoisotopic (exact) mass is 271 g/mol. The summed E-state index contributed by atoms with van der Waals surface area (Å²) in [6, 6.07) is 2.49. The van der Waals surface area contributed by atoms with E-state index < -0.39 is 29.0 Å². The van der Waals surface area contributed by atoms with Gasteiger partial charge in [0.2, 0.25) is 5.91 Å². The van der Waals surface area contributed by atoms with E-state index in [1.54, 1.807) is 6.92 Å². The lowest BCUT2D eigenvalue weighted by Crippen LogP contribution is -2.52. The topological polar surface area (TPSA) is 57.6 Å². The Hall–Kier alpha value is -1.98. The lowest BCUT2D eigenvalue weighted by atomic mass is 9.89. The van der Waals surface area contributed by atoms with Crippen molar-refractivity contribution in [2.24, 2.45) is 0 Å². The van der Waals surface area contributed by atoms with Gasteiger partial charge in [-0.2, -0.15) is 0 Å². The van der Waals surface area contributed by atoms with Gasteiger partial charge in [0.25, 0.3) is 0 Å². The number of hydrogen-bond acceptors (Lipinski definition) is 2. The van der Waals surface area contributed by atoms with Gasteiger partial charge in [0, 0.05) is 19.5 Å². The summed E-state index contributed by atoms with van der Waals surface area (Å²) in [6.07, 6.45) is 0. The van der Waals surface area contributed by atoms with Gasteiger partial charge in [-0.3, -0.25) is 4.79 Å². The molecule has 1 unspecified atom stereocenters. The van der Waals surface area contributed by atoms with E-state index in [0.29, 0.717) is 6.07 Å². The number of rotatable bonds is 4. The Kier molecular flexibility index (Phi) is 4.24. The Bertz CT molecular complexity index is 498. The summed E-state index contributed by atoms with van der Waals surface area (Å²) in [7, 11) is 0. The van der Waals surface area contributed by atoms with Crippen LogP contribution in [0.3, 0.4) is 0 Å². The molecule has 1 aromatic rings. The van der Waals surface area contributed by atoms with E-state index in [-0.39, 0.29) is 12.1 Å². The number of carbonyl (C=O) groups is 2. The molecule has 1 atom stereocenters. The lowest BCUT2D eigenvalue weighted by molar-refractivity contribution is -0.158. The fraction of sp³-hybridized carbons (Fsp3) is 0.385. The SMILES string of the molecule is CCN(C(C)=O)C(C)(C(=O)O)c1cc(F)cc(F)c1. The summed E-state index contributed by atoms with van der Waals surface area (Å²) < 4.78 is 26.5. The molecule has 1 rings (SSSR count). The molecule has 0 bridgehead atoms. The molecule has 1 amide bonds. The smallest absolute Gasteiger partial charge is 0.334 e. The maximum Gasteiger partial charge on any atom is 0.334 e. The van der Waals surface area contributed by atoms with Gasteiger partial charge in [0.15, 0.2) is 5.54 Å². The minimum Gasteiger partial charge on any atom is -0.479 e. The molecule has 0 fully saturated rings. The number of aliphatic carboxylic acids is 1. The highest BCUT2D eigenvalue weighted by Gasteiger charge is 2.42. The number of carboxylic acids is 1. The highest BCUT2D eigenvalue weighted by atomic mass is 19.1. The van der Waals surface area contributed by atoms with Crippen LogP contribution in [0, 0.1) is 11.6 Å². The maximum absolute atomic E-state index is 13.3. The second-order valence-electron chi connectivity index (χ2n) is 4.30. The van der Waals surface area contributed by atoms with E-state index in [1.807, 2.05) is 0 Å². The minimum atomic E-state index is -1.82. The van der Waals surface area contributed by atoms with Crippen molar-refractivity contribution in [3.63, 3.8) is 0 Å². The van der Waals surface area contributed by atoms with Crippen LogP contribution in [0.4, 0.5) is 8.78 Å². The van der Waals surface area contributed by atoms with Gasteiger partial charge in [0.1, 0.15) is 11.6 Å². The lowest BCUT2D eigenvalue weighted by Gasteiger charge is -2.37. The Balaban J connectivity index is 3.49. The summed E-state index contributed by atoms with van der Waals surface area (Å²) in [6.45, 7) is 4.16. The summed E-state index contributed by atoms with van der Waals surface area (Å²) in [5.41, 5.74) is -1.93. The van der Waals surface area contributed by atoms with Crippen LogP contribution in [0.2, 0.25) is 0 Å². The van der Waals surface area contributed by atoms with Gasteiger partial charge in [-0.1, -0.05) is 0 Å². The van der Waals surface area contributed by atoms with Gasteiger partial charge in [0.05, 0.1) is 0 Å². The first-order valence-electron chi connectivity index (χ1n) is 5.71. The quantitative estimate of drug-likeness (QED) is 0.912. The summed E-state index contributed by atoms with van der Waals surface area (Å²) in [5, 5.41) is 9.38. The van der Waals surface area contributed by atoms with Crippen LogP contribution in [0.15, 0.2) is 18.2 Å². The zero-order chi connectivity index (χ0) is 14.8. The molecule has 0 aliphatic carbocycles. The molecule has 6 heteroatoms. The molecular formula is C13H15F2NO3. The minimum absolute atomic E-state index is 0.107. The zero-order valence-electron chi connectivity index (χ0n) is 10.9. The Morgan fingerprint density at radius 2 is 1.74 bits per heavy atom. The predicted octanol–water partition coefficient (Wildman–Crippen LogP) is 2.13. The van der Waals surface area contributed by atoms with Crippen molar-refractivity contribution in [3.8, 4) is 0 Å². The van der Waals surface area contributed by atoms with Crippen molar-refractivity contribution in [1.82, 2.24) is 4.90 Å². The van der Waals surface area contributed by atoms with Crippen molar-refractivity contribution in [3.05, 3.63) is 35.4 Å². The molecule has 104 valence electrons. The number of benzene rings is 1. The first-order valence-corrected chi connectivity index (χ1v) is 5.71. The normalized spacial score (nSPS) is 13.7. The average Bonchev–Trinajstić information content (AvgIpc) is 2.27. The molecule has 4 nitrogen and oxygen atoms in total. The van der Waals surface area contributed by atoms with E-state index in [0.717, 1.165) is 17.0 Å². The number of halogens is 2. The van der Waals surface area contributed by atoms with Crippen molar-refractivity contribution in [2.75, 3.05) is 6.54 Å². The molecule has 0 aromatic heterocycles. The molecule has 19 heavy (non-hydrogen) atoms. The largest absolute Gasteiger partial charge is 0.479 e. The van der Waals surface area contributed by atoms with Gasteiger partial charge in [-0.15, -0.1) is 0 Å². The molecule has 1 aromatic carbocycles. The maximum atomic E-state index is 13.3. The summed E-state index contributed by atoms with van der Waals surface area (Å²) in [4.78, 5) is 24.1. The Labute approximate surface area is 109 Å². The van der Waals surface area contributed by atoms with Crippen molar-refractivity contribution in [1.29, 1.82) is 0 Å². The number of amides is 1. The van der Waals surface area contributed by atoms with Gasteiger partial charge in [-0.25, -0.2) is 13.6 Å². The second-order valence-corrected chi connectivity index (χ2v) is 4.30. The first kappa shape index (κ1) is 15.1. The predicted molar refractivity (Wildman–Crippen MR) is 64.4 cm³/mol. The fourth-order valence-corrected chi connectivity index (χ4v) is 2.08. The molecule has 0 aliphatic rings. The highest BCUT2D eigenvalue weighted by Crippen LogP contribution is 2.30. The zero-order valence-corrected chi connectivity index (χ0v) is 10.9. The molecule has 0 spiro atoms. The number of nitrogens with zero attached hydrogens (tertiary/aromatic N) is 1. The number of carbonyl (C=O) groups excluding carboxylic acids is 1. The third kappa shape index (κ3) is 2.72. The molecule has 0 saturated carbocycles. The standard InChI is InChI=1S/C13H15F2NO3/c1-4-16(8(2)17)13(3,12(18)19)9-5-10(14)7-11(15)6-9/h5-7H,4H2,1-3H3,(H,18,19). The van der Waals surface area contributed by atoms with Crippen molar-refractivity contribution >= 4 is 11.9 Å². The summed E-state index contributed by atoms with van der Waals surface area (Å²) >= 11 is 0. The second kappa shape index (κ2) is 5.34. The van der Waals surface area contributed by atoms with Gasteiger partial charge in [-0.05, 0) is 31.5 Å². The number of likely N-dealkylation sites (N-methyl/N-ethyl adjacent to an activating group) is 1. The van der Waals surface area contributed by atoms with Crippen LogP contribution in [0.5, 0.6) is 0 Å². The van der Waals surface area contributed by atoms with Crippen LogP contribution in [0.25, 0.3) is 0 Å². The molecular weight excluding hydrogens is 256 g/mol. The van der Waals surface area contributed by atoms with Crippen molar-refractivity contribution < 1.29 is 23.5 Å². The Morgan fingerprint density at radius 1 is 1.26 bits per heavy atom. The van der Waals surface area contributed by atoms with E-state index in [9.17, 15) is 23.5 Å². The van der Waals surface area contributed by atoms with Crippen molar-refractivity contribution in [2.45, 2.75) is 26.3 Å². The number of hydrogen-bond donors (Lipinski definition) is 1. The van der Waals surface area contributed by atoms with Crippen LogP contribution in [0.1, 0.15) is 26.3 Å². The number of carboxylic acid groups (broad SMARTS) is 1. The molecule has 0 radical (unpaired) electrons. The molecule has 0 aliphatic heterocycles. The van der Waals surface area contributed by atoms with Crippen LogP contribution in [-0.2, 0) is 15.1 Å². The third-order valence-electron chi connectivity index (χ3n) is 3.08. The highest BCUT2D eigenvalue weighted by molar-refractivity contribution is 5.87. The van der Waals surface area contributed by atoms with E-state index in [2.05, 4.69) is 0 Å². The fourth-order valence-electron chi connectivity index (χ4n) is 2.08. The van der Waals surface area contributed by atoms with Gasteiger partial charge < -0.3 is 10.0 Å². The summed E-state index contributed by atoms with van der Waals surface area (Å²) in [5.74, 6) is -3.62. The van der Waals surface area contributed by atoms with Crippen LogP contribution < -0.4 is 0 Å². The molecule has 1 N–H and O–H groups in total. The van der Waals surface area contributed by atoms with Gasteiger partial charge >= 0.3 is 5.97 Å². The average molecular weight is 271 g/mol. The van der Waals surface area contributed by atoms with E-state index in [4.69, 9.17) is 0 Å². The van der Waals surface area contributed by atoms with Crippen LogP contribution in [-0.4, -0.2) is 28.4 Å². The first-order chi connectivity index (χ1) is 8.73. The molecule has 0 saturated heterocycles. The van der Waals surface area contributed by atoms with Crippen LogP contribution >= 0.6 is 0 Å². The van der Waals surface area contributed by atoms with E-state index >= 15 is 0 Å². The Morgan fingerprint density at radius 3 is 2.05 bits per heavy atom.